The van der Waals surface area contributed by atoms with Gasteiger partial charge in [0.1, 0.15) is 23.9 Å². The lowest BCUT2D eigenvalue weighted by atomic mass is 10.2. The molecule has 0 spiro atoms. The third-order valence-electron chi connectivity index (χ3n) is 2.48. The van der Waals surface area contributed by atoms with Crippen molar-refractivity contribution in [2.45, 2.75) is 6.61 Å². The van der Waals surface area contributed by atoms with Crippen molar-refractivity contribution in [1.82, 2.24) is 0 Å². The fourth-order valence-electron chi connectivity index (χ4n) is 1.54. The number of halogens is 1. The molecule has 94 valence electrons. The van der Waals surface area contributed by atoms with E-state index in [-0.39, 0.29) is 5.75 Å². The molecule has 0 unspecified atom stereocenters. The number of rotatable bonds is 4. The number of methoxy groups -OCH3 is 1. The van der Waals surface area contributed by atoms with Crippen molar-refractivity contribution in [1.29, 1.82) is 0 Å². The van der Waals surface area contributed by atoms with Gasteiger partial charge in [0.25, 0.3) is 0 Å². The second kappa shape index (κ2) is 5.78. The van der Waals surface area contributed by atoms with Gasteiger partial charge in [0.15, 0.2) is 0 Å². The maximum Gasteiger partial charge on any atom is 0.129 e. The highest BCUT2D eigenvalue weighted by Crippen LogP contribution is 2.25. The molecule has 2 rings (SSSR count). The predicted octanol–water partition coefficient (Wildman–Crippen LogP) is 3.74. The van der Waals surface area contributed by atoms with Crippen LogP contribution in [0.3, 0.4) is 0 Å². The monoisotopic (exact) mass is 308 g/mol. The Balaban J connectivity index is 2.08. The van der Waals surface area contributed by atoms with Gasteiger partial charge in [-0.3, -0.25) is 0 Å². The second-order valence-electron chi connectivity index (χ2n) is 3.74. The van der Waals surface area contributed by atoms with Gasteiger partial charge in [-0.1, -0.05) is 15.9 Å². The molecular weight excluding hydrogens is 296 g/mol. The minimum atomic E-state index is 0.180. The van der Waals surface area contributed by atoms with Crippen molar-refractivity contribution < 1.29 is 14.6 Å². The van der Waals surface area contributed by atoms with Gasteiger partial charge >= 0.3 is 0 Å². The minimum Gasteiger partial charge on any atom is -0.508 e. The zero-order valence-electron chi connectivity index (χ0n) is 9.89. The van der Waals surface area contributed by atoms with Gasteiger partial charge in [-0.2, -0.15) is 0 Å². The average molecular weight is 309 g/mol. The SMILES string of the molecule is COc1cc(O)ccc1COc1ccc(Br)cc1. The summed E-state index contributed by atoms with van der Waals surface area (Å²) in [5, 5.41) is 9.36. The molecule has 0 aliphatic rings. The molecule has 0 saturated heterocycles. The van der Waals surface area contributed by atoms with Crippen molar-refractivity contribution in [2.24, 2.45) is 0 Å². The number of phenolic OH excluding ortho intramolecular Hbond substituents is 1. The van der Waals surface area contributed by atoms with E-state index in [4.69, 9.17) is 9.47 Å². The highest BCUT2D eigenvalue weighted by Gasteiger charge is 2.05. The van der Waals surface area contributed by atoms with Crippen molar-refractivity contribution in [3.63, 3.8) is 0 Å². The lowest BCUT2D eigenvalue weighted by molar-refractivity contribution is 0.296. The van der Waals surface area contributed by atoms with Crippen LogP contribution in [0.1, 0.15) is 5.56 Å². The first-order valence-corrected chi connectivity index (χ1v) is 6.22. The molecule has 0 radical (unpaired) electrons. The molecule has 2 aromatic carbocycles. The fourth-order valence-corrected chi connectivity index (χ4v) is 1.81. The Morgan fingerprint density at radius 1 is 1.11 bits per heavy atom. The van der Waals surface area contributed by atoms with Gasteiger partial charge in [-0.25, -0.2) is 0 Å². The van der Waals surface area contributed by atoms with Crippen LogP contribution in [-0.4, -0.2) is 12.2 Å². The summed E-state index contributed by atoms with van der Waals surface area (Å²) >= 11 is 3.37. The lowest BCUT2D eigenvalue weighted by Crippen LogP contribution is -1.98. The Morgan fingerprint density at radius 3 is 2.50 bits per heavy atom. The summed E-state index contributed by atoms with van der Waals surface area (Å²) in [6.45, 7) is 0.394. The molecule has 1 N–H and O–H groups in total. The number of aromatic hydroxyl groups is 1. The van der Waals surface area contributed by atoms with E-state index < -0.39 is 0 Å². The number of benzene rings is 2. The zero-order chi connectivity index (χ0) is 13.0. The van der Waals surface area contributed by atoms with Crippen LogP contribution in [0, 0.1) is 0 Å². The molecule has 0 aromatic heterocycles. The standard InChI is InChI=1S/C14H13BrO3/c1-17-14-8-12(16)5-2-10(14)9-18-13-6-3-11(15)4-7-13/h2-8,16H,9H2,1H3. The van der Waals surface area contributed by atoms with Crippen molar-refractivity contribution in [2.75, 3.05) is 7.11 Å². The quantitative estimate of drug-likeness (QED) is 0.935. The maximum absolute atomic E-state index is 9.36. The van der Waals surface area contributed by atoms with E-state index in [0.717, 1.165) is 15.8 Å². The first-order chi connectivity index (χ1) is 8.69. The van der Waals surface area contributed by atoms with Gasteiger partial charge in [0, 0.05) is 16.1 Å². The highest BCUT2D eigenvalue weighted by atomic mass is 79.9. The van der Waals surface area contributed by atoms with Gasteiger partial charge in [-0.05, 0) is 36.4 Å². The lowest BCUT2D eigenvalue weighted by Gasteiger charge is -2.10. The van der Waals surface area contributed by atoms with Gasteiger partial charge in [0.2, 0.25) is 0 Å². The zero-order valence-corrected chi connectivity index (χ0v) is 11.5. The fraction of sp³-hybridized carbons (Fsp3) is 0.143. The molecule has 0 aliphatic carbocycles. The van der Waals surface area contributed by atoms with Crippen LogP contribution in [0.5, 0.6) is 17.2 Å². The van der Waals surface area contributed by atoms with E-state index in [1.54, 1.807) is 25.3 Å². The van der Waals surface area contributed by atoms with Gasteiger partial charge < -0.3 is 14.6 Å². The summed E-state index contributed by atoms with van der Waals surface area (Å²) in [6.07, 6.45) is 0. The van der Waals surface area contributed by atoms with E-state index in [0.29, 0.717) is 12.4 Å². The molecule has 2 aromatic rings. The van der Waals surface area contributed by atoms with Crippen LogP contribution >= 0.6 is 15.9 Å². The predicted molar refractivity (Wildman–Crippen MR) is 73.1 cm³/mol. The van der Waals surface area contributed by atoms with Gasteiger partial charge in [0.05, 0.1) is 7.11 Å². The molecular formula is C14H13BrO3. The van der Waals surface area contributed by atoms with E-state index in [1.165, 1.54) is 0 Å². The van der Waals surface area contributed by atoms with Crippen molar-refractivity contribution in [3.05, 3.63) is 52.5 Å². The Hall–Kier alpha value is -1.68. The topological polar surface area (TPSA) is 38.7 Å². The number of ether oxygens (including phenoxy) is 2. The van der Waals surface area contributed by atoms with Crippen molar-refractivity contribution >= 4 is 15.9 Å². The Labute approximate surface area is 114 Å². The molecule has 0 fully saturated rings. The average Bonchev–Trinajstić information content (AvgIpc) is 2.39. The minimum absolute atomic E-state index is 0.180. The molecule has 0 bridgehead atoms. The second-order valence-corrected chi connectivity index (χ2v) is 4.65. The first kappa shape index (κ1) is 12.8. The number of hydrogen-bond acceptors (Lipinski definition) is 3. The summed E-state index contributed by atoms with van der Waals surface area (Å²) in [7, 11) is 1.57. The molecule has 0 heterocycles. The molecule has 3 nitrogen and oxygen atoms in total. The number of phenols is 1. The summed E-state index contributed by atoms with van der Waals surface area (Å²) < 4.78 is 11.8. The van der Waals surface area contributed by atoms with Crippen molar-refractivity contribution in [3.8, 4) is 17.2 Å². The van der Waals surface area contributed by atoms with Crippen LogP contribution in [0.25, 0.3) is 0 Å². The summed E-state index contributed by atoms with van der Waals surface area (Å²) in [5.41, 5.74) is 0.887. The third kappa shape index (κ3) is 3.17. The van der Waals surface area contributed by atoms with Crippen LogP contribution in [0.15, 0.2) is 46.9 Å². The molecule has 0 saturated carbocycles. The van der Waals surface area contributed by atoms with Crippen LogP contribution in [0.2, 0.25) is 0 Å². The van der Waals surface area contributed by atoms with E-state index in [9.17, 15) is 5.11 Å². The summed E-state index contributed by atoms with van der Waals surface area (Å²) in [5.74, 6) is 1.58. The normalized spacial score (nSPS) is 10.1. The smallest absolute Gasteiger partial charge is 0.129 e. The number of hydrogen-bond donors (Lipinski definition) is 1. The highest BCUT2D eigenvalue weighted by molar-refractivity contribution is 9.10. The van der Waals surface area contributed by atoms with Crippen LogP contribution < -0.4 is 9.47 Å². The maximum atomic E-state index is 9.36. The van der Waals surface area contributed by atoms with Crippen LogP contribution in [-0.2, 0) is 6.61 Å². The molecule has 4 heteroatoms. The largest absolute Gasteiger partial charge is 0.508 e. The van der Waals surface area contributed by atoms with E-state index in [1.807, 2.05) is 24.3 Å². The Bertz CT molecular complexity index is 523. The van der Waals surface area contributed by atoms with E-state index >= 15 is 0 Å². The van der Waals surface area contributed by atoms with E-state index in [2.05, 4.69) is 15.9 Å². The Morgan fingerprint density at radius 2 is 1.83 bits per heavy atom. The molecule has 18 heavy (non-hydrogen) atoms. The first-order valence-electron chi connectivity index (χ1n) is 5.43. The molecule has 0 atom stereocenters. The Kier molecular flexibility index (Phi) is 4.10. The molecule has 0 aliphatic heterocycles. The van der Waals surface area contributed by atoms with Gasteiger partial charge in [-0.15, -0.1) is 0 Å². The third-order valence-corrected chi connectivity index (χ3v) is 3.01. The summed E-state index contributed by atoms with van der Waals surface area (Å²) in [4.78, 5) is 0. The molecule has 0 amide bonds. The summed E-state index contributed by atoms with van der Waals surface area (Å²) in [6, 6.07) is 12.6. The van der Waals surface area contributed by atoms with Crippen LogP contribution in [0.4, 0.5) is 0 Å².